The van der Waals surface area contributed by atoms with E-state index in [9.17, 15) is 8.42 Å². The van der Waals surface area contributed by atoms with Gasteiger partial charge in [0.2, 0.25) is 10.0 Å². The molecule has 4 heterocycles. The first-order valence-electron chi connectivity index (χ1n) is 8.25. The minimum Gasteiger partial charge on any atom is -0.352 e. The van der Waals surface area contributed by atoms with Crippen LogP contribution in [-0.2, 0) is 10.0 Å². The number of nitrogens with one attached hydrogen (secondary N) is 1. The fourth-order valence-electron chi connectivity index (χ4n) is 3.26. The van der Waals surface area contributed by atoms with Crippen molar-refractivity contribution in [2.45, 2.75) is 4.90 Å². The Hall–Kier alpha value is -2.70. The molecule has 5 rings (SSSR count). The van der Waals surface area contributed by atoms with Crippen molar-refractivity contribution in [2.24, 2.45) is 0 Å². The van der Waals surface area contributed by atoms with Crippen LogP contribution in [-0.4, -0.2) is 67.6 Å². The monoisotopic (exact) mass is 402 g/mol. The van der Waals surface area contributed by atoms with Crippen molar-refractivity contribution >= 4 is 49.8 Å². The summed E-state index contributed by atoms with van der Waals surface area (Å²) in [7, 11) is -3.64. The summed E-state index contributed by atoms with van der Waals surface area (Å²) in [6, 6.07) is 5.05. The van der Waals surface area contributed by atoms with E-state index in [1.165, 1.54) is 10.6 Å². The first-order valence-corrected chi connectivity index (χ1v) is 10.4. The lowest BCUT2D eigenvalue weighted by atomic mass is 10.3. The Morgan fingerprint density at radius 2 is 1.89 bits per heavy atom. The standard InChI is InChI=1S/C15H14N8O2S2/c24-27(25,11-3-1-2-10-12(11)21-26-20-10)23-6-4-22(5-7-23)15-13-14(17-8-16-13)18-9-19-15/h1-3,8-9H,4-7H2,(H,16,17,18,19). The number of nitrogens with zero attached hydrogens (tertiary/aromatic N) is 7. The second-order valence-electron chi connectivity index (χ2n) is 6.08. The van der Waals surface area contributed by atoms with Crippen LogP contribution in [0.1, 0.15) is 0 Å². The van der Waals surface area contributed by atoms with E-state index in [1.54, 1.807) is 24.5 Å². The summed E-state index contributed by atoms with van der Waals surface area (Å²) in [5.74, 6) is 0.736. The topological polar surface area (TPSA) is 121 Å². The second kappa shape index (κ2) is 6.18. The van der Waals surface area contributed by atoms with Gasteiger partial charge in [-0.2, -0.15) is 13.1 Å². The van der Waals surface area contributed by atoms with Crippen LogP contribution in [0.5, 0.6) is 0 Å². The highest BCUT2D eigenvalue weighted by atomic mass is 32.2. The molecule has 1 N–H and O–H groups in total. The highest BCUT2D eigenvalue weighted by Crippen LogP contribution is 2.27. The van der Waals surface area contributed by atoms with E-state index in [0.29, 0.717) is 42.9 Å². The summed E-state index contributed by atoms with van der Waals surface area (Å²) < 4.78 is 36.0. The maximum atomic E-state index is 13.1. The van der Waals surface area contributed by atoms with Crippen molar-refractivity contribution in [3.05, 3.63) is 30.9 Å². The molecule has 0 bridgehead atoms. The lowest BCUT2D eigenvalue weighted by molar-refractivity contribution is 0.384. The highest BCUT2D eigenvalue weighted by molar-refractivity contribution is 7.89. The van der Waals surface area contributed by atoms with Gasteiger partial charge in [-0.1, -0.05) is 6.07 Å². The zero-order valence-corrected chi connectivity index (χ0v) is 15.6. The molecule has 10 nitrogen and oxygen atoms in total. The number of piperazine rings is 1. The summed E-state index contributed by atoms with van der Waals surface area (Å²) in [6.07, 6.45) is 3.05. The number of imidazole rings is 1. The van der Waals surface area contributed by atoms with Gasteiger partial charge in [0.1, 0.15) is 27.8 Å². The number of hydrogen-bond donors (Lipinski definition) is 1. The molecule has 0 aliphatic carbocycles. The molecule has 12 heteroatoms. The third-order valence-electron chi connectivity index (χ3n) is 4.61. The Kier molecular flexibility index (Phi) is 3.77. The molecule has 1 aromatic carbocycles. The first-order chi connectivity index (χ1) is 13.1. The Balaban J connectivity index is 1.41. The summed E-state index contributed by atoms with van der Waals surface area (Å²) >= 11 is 1.01. The number of fused-ring (bicyclic) bond motifs is 2. The van der Waals surface area contributed by atoms with Crippen LogP contribution in [0.15, 0.2) is 35.7 Å². The van der Waals surface area contributed by atoms with Crippen LogP contribution < -0.4 is 4.90 Å². The van der Waals surface area contributed by atoms with Crippen molar-refractivity contribution < 1.29 is 8.42 Å². The van der Waals surface area contributed by atoms with Crippen LogP contribution in [0.3, 0.4) is 0 Å². The van der Waals surface area contributed by atoms with Crippen molar-refractivity contribution in [3.63, 3.8) is 0 Å². The van der Waals surface area contributed by atoms with Crippen LogP contribution in [0.4, 0.5) is 5.82 Å². The normalized spacial score (nSPS) is 16.4. The lowest BCUT2D eigenvalue weighted by Crippen LogP contribution is -2.49. The van der Waals surface area contributed by atoms with Crippen LogP contribution in [0, 0.1) is 0 Å². The number of benzene rings is 1. The molecule has 3 aromatic heterocycles. The SMILES string of the molecule is O=S(=O)(c1cccc2nsnc12)N1CCN(c2ncnc3nc[nH]c23)CC1. The molecule has 138 valence electrons. The predicted molar refractivity (Wildman–Crippen MR) is 100 cm³/mol. The zero-order valence-electron chi connectivity index (χ0n) is 14.0. The van der Waals surface area contributed by atoms with E-state index in [0.717, 1.165) is 23.1 Å². The number of aromatic nitrogens is 6. The molecule has 0 radical (unpaired) electrons. The Bertz CT molecular complexity index is 1230. The van der Waals surface area contributed by atoms with E-state index in [2.05, 4.69) is 28.7 Å². The predicted octanol–water partition coefficient (Wildman–Crippen LogP) is 0.869. The molecule has 27 heavy (non-hydrogen) atoms. The van der Waals surface area contributed by atoms with Crippen molar-refractivity contribution in [1.82, 2.24) is 33.0 Å². The van der Waals surface area contributed by atoms with Gasteiger partial charge in [0.25, 0.3) is 0 Å². The molecular formula is C15H14N8O2S2. The van der Waals surface area contributed by atoms with Gasteiger partial charge in [-0.25, -0.2) is 23.4 Å². The van der Waals surface area contributed by atoms with Crippen LogP contribution in [0.25, 0.3) is 22.2 Å². The summed E-state index contributed by atoms with van der Waals surface area (Å²) in [5, 5.41) is 0. The largest absolute Gasteiger partial charge is 0.352 e. The molecular weight excluding hydrogens is 388 g/mol. The second-order valence-corrected chi connectivity index (χ2v) is 8.51. The zero-order chi connectivity index (χ0) is 18.4. The first kappa shape index (κ1) is 16.5. The summed E-state index contributed by atoms with van der Waals surface area (Å²) in [5.41, 5.74) is 2.38. The number of H-pyrrole nitrogens is 1. The molecule has 1 saturated heterocycles. The number of hydrogen-bond acceptors (Lipinski definition) is 9. The maximum absolute atomic E-state index is 13.1. The molecule has 0 spiro atoms. The molecule has 0 amide bonds. The van der Waals surface area contributed by atoms with Gasteiger partial charge in [-0.05, 0) is 12.1 Å². The van der Waals surface area contributed by atoms with E-state index < -0.39 is 10.0 Å². The van der Waals surface area contributed by atoms with E-state index in [1.807, 2.05) is 4.90 Å². The lowest BCUT2D eigenvalue weighted by Gasteiger charge is -2.34. The Morgan fingerprint density at radius 3 is 2.74 bits per heavy atom. The minimum absolute atomic E-state index is 0.209. The Morgan fingerprint density at radius 1 is 1.04 bits per heavy atom. The van der Waals surface area contributed by atoms with Crippen molar-refractivity contribution in [1.29, 1.82) is 0 Å². The summed E-state index contributed by atoms with van der Waals surface area (Å²) in [6.45, 7) is 1.76. The van der Waals surface area contributed by atoms with Gasteiger partial charge >= 0.3 is 0 Å². The van der Waals surface area contributed by atoms with Gasteiger partial charge in [-0.15, -0.1) is 0 Å². The molecule has 1 aliphatic heterocycles. The average molecular weight is 402 g/mol. The van der Waals surface area contributed by atoms with Crippen molar-refractivity contribution in [2.75, 3.05) is 31.1 Å². The number of aromatic amines is 1. The third kappa shape index (κ3) is 2.64. The van der Waals surface area contributed by atoms with Gasteiger partial charge in [-0.3, -0.25) is 0 Å². The highest BCUT2D eigenvalue weighted by Gasteiger charge is 2.31. The molecule has 0 atom stereocenters. The number of sulfonamides is 1. The van der Waals surface area contributed by atoms with Gasteiger partial charge in [0, 0.05) is 26.2 Å². The third-order valence-corrected chi connectivity index (χ3v) is 7.08. The number of rotatable bonds is 3. The summed E-state index contributed by atoms with van der Waals surface area (Å²) in [4.78, 5) is 17.9. The van der Waals surface area contributed by atoms with E-state index >= 15 is 0 Å². The smallest absolute Gasteiger partial charge is 0.245 e. The maximum Gasteiger partial charge on any atom is 0.245 e. The number of anilines is 1. The van der Waals surface area contributed by atoms with Crippen LogP contribution in [0.2, 0.25) is 0 Å². The van der Waals surface area contributed by atoms with Gasteiger partial charge in [0.05, 0.1) is 18.1 Å². The van der Waals surface area contributed by atoms with Crippen LogP contribution >= 0.6 is 11.7 Å². The van der Waals surface area contributed by atoms with E-state index in [4.69, 9.17) is 0 Å². The van der Waals surface area contributed by atoms with E-state index in [-0.39, 0.29) is 4.90 Å². The Labute approximate surface area is 158 Å². The molecule has 1 fully saturated rings. The molecule has 0 unspecified atom stereocenters. The molecule has 1 aliphatic rings. The molecule has 4 aromatic rings. The van der Waals surface area contributed by atoms with Gasteiger partial charge < -0.3 is 9.88 Å². The quantitative estimate of drug-likeness (QED) is 0.536. The fraction of sp³-hybridized carbons (Fsp3) is 0.267. The van der Waals surface area contributed by atoms with Gasteiger partial charge in [0.15, 0.2) is 11.5 Å². The minimum atomic E-state index is -3.64. The fourth-order valence-corrected chi connectivity index (χ4v) is 5.44. The average Bonchev–Trinajstić information content (AvgIpc) is 3.36. The molecule has 0 saturated carbocycles. The van der Waals surface area contributed by atoms with Crippen molar-refractivity contribution in [3.8, 4) is 0 Å².